The molecule has 0 saturated carbocycles. The van der Waals surface area contributed by atoms with Crippen molar-refractivity contribution < 1.29 is 14.3 Å². The van der Waals surface area contributed by atoms with Crippen molar-refractivity contribution in [1.82, 2.24) is 19.1 Å². The van der Waals surface area contributed by atoms with E-state index in [9.17, 15) is 9.59 Å². The standard InChI is InChI=1S/C33H31N5O4/c1-23-20-26(21-34-38-32(25-8-4-3-5-9-25)35-30-11-7-6-10-29(30)33(38)40)24(2)37(23)27-12-14-28(15-13-27)42-22-31(39)36-16-18-41-19-17-36/h3-15,20-21H,16-19,22H2,1-2H3. The van der Waals surface area contributed by atoms with E-state index in [1.165, 1.54) is 4.68 Å². The quantitative estimate of drug-likeness (QED) is 0.271. The van der Waals surface area contributed by atoms with Gasteiger partial charge in [0.2, 0.25) is 0 Å². The van der Waals surface area contributed by atoms with Crippen LogP contribution in [-0.2, 0) is 9.53 Å². The third-order valence-electron chi connectivity index (χ3n) is 7.39. The molecule has 5 aromatic rings. The number of carbonyl (C=O) groups is 1. The number of amides is 1. The van der Waals surface area contributed by atoms with Gasteiger partial charge in [-0.3, -0.25) is 9.59 Å². The maximum absolute atomic E-state index is 13.5. The van der Waals surface area contributed by atoms with Crippen molar-refractivity contribution in [3.8, 4) is 22.8 Å². The monoisotopic (exact) mass is 561 g/mol. The number of fused-ring (bicyclic) bond motifs is 1. The van der Waals surface area contributed by atoms with Gasteiger partial charge in [0.1, 0.15) is 5.75 Å². The van der Waals surface area contributed by atoms with E-state index in [1.54, 1.807) is 17.2 Å². The van der Waals surface area contributed by atoms with Crippen LogP contribution in [0.25, 0.3) is 28.0 Å². The first kappa shape index (κ1) is 27.2. The fourth-order valence-electron chi connectivity index (χ4n) is 5.18. The molecule has 2 aromatic heterocycles. The SMILES string of the molecule is Cc1cc(C=Nn2c(-c3ccccc3)nc3ccccc3c2=O)c(C)n1-c1ccc(OCC(=O)N2CCOCC2)cc1. The predicted octanol–water partition coefficient (Wildman–Crippen LogP) is 4.59. The maximum Gasteiger partial charge on any atom is 0.282 e. The molecule has 1 aliphatic heterocycles. The Kier molecular flexibility index (Phi) is 7.66. The number of hydrogen-bond acceptors (Lipinski definition) is 6. The van der Waals surface area contributed by atoms with Crippen LogP contribution < -0.4 is 10.3 Å². The molecule has 0 spiro atoms. The van der Waals surface area contributed by atoms with Gasteiger partial charge in [0.15, 0.2) is 12.4 Å². The summed E-state index contributed by atoms with van der Waals surface area (Å²) in [4.78, 5) is 32.4. The zero-order valence-electron chi connectivity index (χ0n) is 23.6. The van der Waals surface area contributed by atoms with E-state index in [1.807, 2.05) is 92.7 Å². The molecular weight excluding hydrogens is 530 g/mol. The molecule has 0 atom stereocenters. The highest BCUT2D eigenvalue weighted by molar-refractivity contribution is 5.83. The number of benzene rings is 3. The van der Waals surface area contributed by atoms with E-state index < -0.39 is 0 Å². The van der Waals surface area contributed by atoms with Crippen molar-refractivity contribution in [1.29, 1.82) is 0 Å². The van der Waals surface area contributed by atoms with Crippen LogP contribution in [0.1, 0.15) is 17.0 Å². The van der Waals surface area contributed by atoms with Crippen molar-refractivity contribution in [2.75, 3.05) is 32.9 Å². The van der Waals surface area contributed by atoms with Crippen LogP contribution in [0, 0.1) is 13.8 Å². The number of hydrogen-bond donors (Lipinski definition) is 0. The van der Waals surface area contributed by atoms with Crippen molar-refractivity contribution >= 4 is 23.0 Å². The van der Waals surface area contributed by atoms with Gasteiger partial charge in [0.25, 0.3) is 11.5 Å². The minimum Gasteiger partial charge on any atom is -0.484 e. The van der Waals surface area contributed by atoms with E-state index >= 15 is 0 Å². The Balaban J connectivity index is 1.26. The van der Waals surface area contributed by atoms with Crippen LogP contribution in [0.4, 0.5) is 0 Å². The van der Waals surface area contributed by atoms with Crippen LogP contribution >= 0.6 is 0 Å². The lowest BCUT2D eigenvalue weighted by atomic mass is 10.2. The molecule has 6 rings (SSSR count). The van der Waals surface area contributed by atoms with Crippen LogP contribution in [0.5, 0.6) is 5.75 Å². The van der Waals surface area contributed by atoms with Crippen LogP contribution in [0.3, 0.4) is 0 Å². The summed E-state index contributed by atoms with van der Waals surface area (Å²) >= 11 is 0. The zero-order valence-corrected chi connectivity index (χ0v) is 23.6. The number of para-hydroxylation sites is 1. The molecule has 1 aliphatic rings. The molecule has 0 N–H and O–H groups in total. The molecule has 9 heteroatoms. The van der Waals surface area contributed by atoms with E-state index in [0.717, 1.165) is 28.2 Å². The van der Waals surface area contributed by atoms with Crippen molar-refractivity contribution in [3.63, 3.8) is 0 Å². The smallest absolute Gasteiger partial charge is 0.282 e. The lowest BCUT2D eigenvalue weighted by molar-refractivity contribution is -0.137. The highest BCUT2D eigenvalue weighted by atomic mass is 16.5. The van der Waals surface area contributed by atoms with Crippen molar-refractivity contribution in [2.24, 2.45) is 5.10 Å². The summed E-state index contributed by atoms with van der Waals surface area (Å²) in [5, 5.41) is 5.15. The summed E-state index contributed by atoms with van der Waals surface area (Å²) in [6, 6.07) is 26.6. The first-order chi connectivity index (χ1) is 20.5. The Hall–Kier alpha value is -5.02. The van der Waals surface area contributed by atoms with Gasteiger partial charge < -0.3 is 18.9 Å². The van der Waals surface area contributed by atoms with Gasteiger partial charge in [-0.15, -0.1) is 0 Å². The Morgan fingerprint density at radius 3 is 2.45 bits per heavy atom. The first-order valence-corrected chi connectivity index (χ1v) is 13.9. The lowest BCUT2D eigenvalue weighted by Crippen LogP contribution is -2.42. The van der Waals surface area contributed by atoms with Gasteiger partial charge in [-0.05, 0) is 56.3 Å². The Labute approximate surface area is 243 Å². The predicted molar refractivity (Wildman–Crippen MR) is 163 cm³/mol. The van der Waals surface area contributed by atoms with Gasteiger partial charge in [-0.1, -0.05) is 42.5 Å². The molecule has 0 unspecified atom stereocenters. The van der Waals surface area contributed by atoms with Crippen LogP contribution in [0.15, 0.2) is 94.8 Å². The minimum atomic E-state index is -0.229. The molecule has 1 fully saturated rings. The largest absolute Gasteiger partial charge is 0.484 e. The number of carbonyl (C=O) groups excluding carboxylic acids is 1. The number of aromatic nitrogens is 3. The Morgan fingerprint density at radius 1 is 0.976 bits per heavy atom. The highest BCUT2D eigenvalue weighted by Crippen LogP contribution is 2.23. The molecule has 0 aliphatic carbocycles. The topological polar surface area (TPSA) is 90.9 Å². The number of morpholine rings is 1. The van der Waals surface area contributed by atoms with Crippen molar-refractivity contribution in [3.05, 3.63) is 112 Å². The van der Waals surface area contributed by atoms with Gasteiger partial charge in [-0.2, -0.15) is 9.78 Å². The second-order valence-electron chi connectivity index (χ2n) is 10.1. The Morgan fingerprint density at radius 2 is 1.69 bits per heavy atom. The summed E-state index contributed by atoms with van der Waals surface area (Å²) in [5.41, 5.74) is 5.01. The van der Waals surface area contributed by atoms with Gasteiger partial charge in [0.05, 0.1) is 30.3 Å². The summed E-state index contributed by atoms with van der Waals surface area (Å²) < 4.78 is 14.5. The van der Waals surface area contributed by atoms with Gasteiger partial charge >= 0.3 is 0 Å². The fourth-order valence-corrected chi connectivity index (χ4v) is 5.18. The van der Waals surface area contributed by atoms with Crippen LogP contribution in [0.2, 0.25) is 0 Å². The number of rotatable bonds is 7. The summed E-state index contributed by atoms with van der Waals surface area (Å²) in [6.45, 7) is 6.35. The molecular formula is C33H31N5O4. The molecule has 0 bridgehead atoms. The molecule has 1 saturated heterocycles. The molecule has 0 radical (unpaired) electrons. The maximum atomic E-state index is 13.5. The third kappa shape index (κ3) is 5.46. The molecule has 3 aromatic carbocycles. The minimum absolute atomic E-state index is 0.00446. The number of ether oxygens (including phenoxy) is 2. The molecule has 1 amide bonds. The Bertz CT molecular complexity index is 1820. The third-order valence-corrected chi connectivity index (χ3v) is 7.39. The first-order valence-electron chi connectivity index (χ1n) is 13.9. The fraction of sp³-hybridized carbons (Fsp3) is 0.212. The summed E-state index contributed by atoms with van der Waals surface area (Å²) in [5.74, 6) is 1.06. The highest BCUT2D eigenvalue weighted by Gasteiger charge is 2.18. The van der Waals surface area contributed by atoms with E-state index in [0.29, 0.717) is 48.8 Å². The van der Waals surface area contributed by atoms with Crippen molar-refractivity contribution in [2.45, 2.75) is 13.8 Å². The molecule has 9 nitrogen and oxygen atoms in total. The zero-order chi connectivity index (χ0) is 29.1. The molecule has 212 valence electrons. The number of aryl methyl sites for hydroxylation is 1. The van der Waals surface area contributed by atoms with E-state index in [4.69, 9.17) is 14.5 Å². The van der Waals surface area contributed by atoms with Gasteiger partial charge in [0, 0.05) is 41.3 Å². The molecule has 3 heterocycles. The average molecular weight is 562 g/mol. The van der Waals surface area contributed by atoms with Gasteiger partial charge in [-0.25, -0.2) is 4.98 Å². The van der Waals surface area contributed by atoms with E-state index in [2.05, 4.69) is 9.67 Å². The number of nitrogens with zero attached hydrogens (tertiary/aromatic N) is 5. The summed E-state index contributed by atoms with van der Waals surface area (Å²) in [7, 11) is 0. The molecule has 42 heavy (non-hydrogen) atoms. The van der Waals surface area contributed by atoms with Crippen LogP contribution in [-0.4, -0.2) is 64.2 Å². The second kappa shape index (κ2) is 11.8. The summed E-state index contributed by atoms with van der Waals surface area (Å²) in [6.07, 6.45) is 1.71. The average Bonchev–Trinajstić information content (AvgIpc) is 3.32. The normalized spacial score (nSPS) is 13.6. The lowest BCUT2D eigenvalue weighted by Gasteiger charge is -2.26. The second-order valence-corrected chi connectivity index (χ2v) is 10.1. The van der Waals surface area contributed by atoms with E-state index in [-0.39, 0.29) is 18.1 Å².